The van der Waals surface area contributed by atoms with Crippen LogP contribution < -0.4 is 14.8 Å². The number of nitrogens with one attached hydrogen (secondary N) is 2. The summed E-state index contributed by atoms with van der Waals surface area (Å²) in [6.45, 7) is 3.65. The van der Waals surface area contributed by atoms with Crippen LogP contribution >= 0.6 is 23.2 Å². The van der Waals surface area contributed by atoms with E-state index in [2.05, 4.69) is 10.0 Å². The van der Waals surface area contributed by atoms with Crippen LogP contribution in [0.1, 0.15) is 30.6 Å². The van der Waals surface area contributed by atoms with E-state index in [1.165, 1.54) is 43.5 Å². The Balaban J connectivity index is 2.36. The van der Waals surface area contributed by atoms with Gasteiger partial charge < -0.3 is 10.1 Å². The van der Waals surface area contributed by atoms with E-state index in [0.717, 1.165) is 0 Å². The first-order valence-electron chi connectivity index (χ1n) is 8.14. The van der Waals surface area contributed by atoms with Gasteiger partial charge in [0.15, 0.2) is 0 Å². The molecule has 0 fully saturated rings. The van der Waals surface area contributed by atoms with Gasteiger partial charge in [0.25, 0.3) is 5.91 Å². The van der Waals surface area contributed by atoms with Gasteiger partial charge in [0.1, 0.15) is 5.75 Å². The third-order valence-electron chi connectivity index (χ3n) is 3.87. The van der Waals surface area contributed by atoms with Gasteiger partial charge in [-0.1, -0.05) is 30.1 Å². The number of benzene rings is 2. The molecule has 0 aliphatic carbocycles. The molecule has 0 aliphatic rings. The molecular formula is C18H20Cl2N2O4S. The number of sulfonamides is 1. The maximum atomic E-state index is 12.5. The van der Waals surface area contributed by atoms with E-state index in [-0.39, 0.29) is 27.2 Å². The number of hydrogen-bond donors (Lipinski definition) is 2. The molecule has 1 amide bonds. The summed E-state index contributed by atoms with van der Waals surface area (Å²) in [5, 5.41) is 3.22. The van der Waals surface area contributed by atoms with Crippen LogP contribution in [-0.2, 0) is 10.0 Å². The Labute approximate surface area is 168 Å². The second-order valence-electron chi connectivity index (χ2n) is 5.87. The number of amides is 1. The predicted molar refractivity (Wildman–Crippen MR) is 107 cm³/mol. The number of carbonyl (C=O) groups excluding carboxylic acids is 1. The second kappa shape index (κ2) is 8.93. The average Bonchev–Trinajstić information content (AvgIpc) is 2.61. The highest BCUT2D eigenvalue weighted by Crippen LogP contribution is 2.29. The summed E-state index contributed by atoms with van der Waals surface area (Å²) in [6.07, 6.45) is 0.647. The molecule has 146 valence electrons. The first-order chi connectivity index (χ1) is 12.7. The van der Waals surface area contributed by atoms with Crippen LogP contribution in [0, 0.1) is 0 Å². The summed E-state index contributed by atoms with van der Waals surface area (Å²) in [7, 11) is -2.31. The highest BCUT2D eigenvalue weighted by Gasteiger charge is 2.20. The van der Waals surface area contributed by atoms with Crippen molar-refractivity contribution in [3.8, 4) is 5.75 Å². The Kier molecular flexibility index (Phi) is 7.11. The van der Waals surface area contributed by atoms with Crippen LogP contribution in [0.15, 0.2) is 41.3 Å². The number of methoxy groups -OCH3 is 1. The van der Waals surface area contributed by atoms with Crippen LogP contribution in [0.2, 0.25) is 10.0 Å². The predicted octanol–water partition coefficient (Wildman–Crippen LogP) is 4.33. The molecule has 0 saturated heterocycles. The largest absolute Gasteiger partial charge is 0.495 e. The lowest BCUT2D eigenvalue weighted by atomic mass is 10.2. The lowest BCUT2D eigenvalue weighted by Gasteiger charge is -2.15. The van der Waals surface area contributed by atoms with Crippen molar-refractivity contribution >= 4 is 44.8 Å². The molecule has 0 spiro atoms. The summed E-state index contributed by atoms with van der Waals surface area (Å²) < 4.78 is 32.8. The molecule has 0 radical (unpaired) electrons. The molecule has 1 atom stereocenters. The Bertz CT molecular complexity index is 948. The number of anilines is 1. The SMILES string of the molecule is CC[C@@H](C)NS(=O)(=O)c1ccc(OC)c(NC(=O)c2ccc(Cl)cc2Cl)c1. The molecule has 9 heteroatoms. The normalized spacial score (nSPS) is 12.5. The molecule has 2 N–H and O–H groups in total. The Morgan fingerprint density at radius 1 is 1.19 bits per heavy atom. The molecule has 6 nitrogen and oxygen atoms in total. The van der Waals surface area contributed by atoms with E-state index in [1.807, 2.05) is 6.92 Å². The van der Waals surface area contributed by atoms with Crippen molar-refractivity contribution in [2.24, 2.45) is 0 Å². The lowest BCUT2D eigenvalue weighted by molar-refractivity contribution is 0.102. The highest BCUT2D eigenvalue weighted by atomic mass is 35.5. The molecule has 0 saturated carbocycles. The quantitative estimate of drug-likeness (QED) is 0.684. The first-order valence-corrected chi connectivity index (χ1v) is 10.4. The van der Waals surface area contributed by atoms with Crippen LogP contribution in [0.4, 0.5) is 5.69 Å². The molecule has 0 heterocycles. The molecule has 2 aromatic rings. The molecule has 0 unspecified atom stereocenters. The Hall–Kier alpha value is -1.80. The minimum Gasteiger partial charge on any atom is -0.495 e. The third-order valence-corrected chi connectivity index (χ3v) is 6.01. The molecule has 0 aromatic heterocycles. The first kappa shape index (κ1) is 21.5. The fraction of sp³-hybridized carbons (Fsp3) is 0.278. The highest BCUT2D eigenvalue weighted by molar-refractivity contribution is 7.89. The van der Waals surface area contributed by atoms with Gasteiger partial charge in [-0.15, -0.1) is 0 Å². The van der Waals surface area contributed by atoms with Crippen molar-refractivity contribution in [3.05, 3.63) is 52.0 Å². The van der Waals surface area contributed by atoms with Crippen molar-refractivity contribution in [1.82, 2.24) is 4.72 Å². The zero-order chi connectivity index (χ0) is 20.2. The van der Waals surface area contributed by atoms with E-state index in [0.29, 0.717) is 17.2 Å². The summed E-state index contributed by atoms with van der Waals surface area (Å²) in [5.74, 6) is -0.199. The zero-order valence-electron chi connectivity index (χ0n) is 15.0. The average molecular weight is 431 g/mol. The van der Waals surface area contributed by atoms with Gasteiger partial charge in [-0.25, -0.2) is 13.1 Å². The van der Waals surface area contributed by atoms with Crippen LogP contribution in [0.3, 0.4) is 0 Å². The van der Waals surface area contributed by atoms with Gasteiger partial charge in [0.05, 0.1) is 28.3 Å². The minimum absolute atomic E-state index is 0.0149. The molecule has 0 aliphatic heterocycles. The van der Waals surface area contributed by atoms with Crippen molar-refractivity contribution < 1.29 is 17.9 Å². The second-order valence-corrected chi connectivity index (χ2v) is 8.43. The smallest absolute Gasteiger partial charge is 0.257 e. The Morgan fingerprint density at radius 2 is 1.89 bits per heavy atom. The monoisotopic (exact) mass is 430 g/mol. The van der Waals surface area contributed by atoms with Gasteiger partial charge in [0, 0.05) is 11.1 Å². The van der Waals surface area contributed by atoms with Crippen LogP contribution in [-0.4, -0.2) is 27.5 Å². The summed E-state index contributed by atoms with van der Waals surface area (Å²) in [5.41, 5.74) is 0.412. The molecule has 27 heavy (non-hydrogen) atoms. The fourth-order valence-corrected chi connectivity index (χ4v) is 4.08. The van der Waals surface area contributed by atoms with Crippen LogP contribution in [0.5, 0.6) is 5.75 Å². The molecular weight excluding hydrogens is 411 g/mol. The fourth-order valence-electron chi connectivity index (χ4n) is 2.23. The maximum absolute atomic E-state index is 12.5. The van der Waals surface area contributed by atoms with E-state index in [9.17, 15) is 13.2 Å². The maximum Gasteiger partial charge on any atom is 0.257 e. The standard InChI is InChI=1S/C18H20Cl2N2O4S/c1-4-11(2)22-27(24,25)13-6-8-17(26-3)16(10-13)21-18(23)14-7-5-12(19)9-15(14)20/h5-11,22H,4H2,1-3H3,(H,21,23)/t11-/m1/s1. The number of rotatable bonds is 7. The number of carbonyl (C=O) groups is 1. The van der Waals surface area contributed by atoms with Crippen molar-refractivity contribution in [1.29, 1.82) is 0 Å². The summed E-state index contributed by atoms with van der Waals surface area (Å²) in [4.78, 5) is 12.6. The topological polar surface area (TPSA) is 84.5 Å². The van der Waals surface area contributed by atoms with Gasteiger partial charge in [-0.3, -0.25) is 4.79 Å². The van der Waals surface area contributed by atoms with E-state index < -0.39 is 15.9 Å². The van der Waals surface area contributed by atoms with Gasteiger partial charge in [-0.2, -0.15) is 0 Å². The van der Waals surface area contributed by atoms with Crippen molar-refractivity contribution in [2.45, 2.75) is 31.2 Å². The number of hydrogen-bond acceptors (Lipinski definition) is 4. The van der Waals surface area contributed by atoms with E-state index in [1.54, 1.807) is 6.92 Å². The van der Waals surface area contributed by atoms with Gasteiger partial charge in [0.2, 0.25) is 10.0 Å². The van der Waals surface area contributed by atoms with Crippen molar-refractivity contribution in [3.63, 3.8) is 0 Å². The minimum atomic E-state index is -3.73. The molecule has 2 aromatic carbocycles. The Morgan fingerprint density at radius 3 is 2.48 bits per heavy atom. The third kappa shape index (κ3) is 5.35. The lowest BCUT2D eigenvalue weighted by Crippen LogP contribution is -2.32. The number of halogens is 2. The molecule has 2 rings (SSSR count). The molecule has 0 bridgehead atoms. The number of ether oxygens (including phenoxy) is 1. The van der Waals surface area contributed by atoms with E-state index >= 15 is 0 Å². The van der Waals surface area contributed by atoms with Crippen molar-refractivity contribution in [2.75, 3.05) is 12.4 Å². The van der Waals surface area contributed by atoms with Gasteiger partial charge in [-0.05, 0) is 49.7 Å². The zero-order valence-corrected chi connectivity index (χ0v) is 17.4. The summed E-state index contributed by atoms with van der Waals surface area (Å²) in [6, 6.07) is 8.48. The van der Waals surface area contributed by atoms with Gasteiger partial charge >= 0.3 is 0 Å². The van der Waals surface area contributed by atoms with Crippen LogP contribution in [0.25, 0.3) is 0 Å². The summed E-state index contributed by atoms with van der Waals surface area (Å²) >= 11 is 11.9. The van der Waals surface area contributed by atoms with E-state index in [4.69, 9.17) is 27.9 Å².